The number of likely N-dealkylation sites (N-methyl/N-ethyl adjacent to an activating group) is 1. The molecule has 24 heavy (non-hydrogen) atoms. The number of carbonyl (C=O) groups excluding carboxylic acids is 2. The third-order valence-corrected chi connectivity index (χ3v) is 5.17. The minimum absolute atomic E-state index is 0.0452. The Morgan fingerprint density at radius 3 is 2.54 bits per heavy atom. The van der Waals surface area contributed by atoms with E-state index in [1.165, 1.54) is 4.90 Å². The number of anilines is 1. The van der Waals surface area contributed by atoms with E-state index in [2.05, 4.69) is 10.2 Å². The minimum Gasteiger partial charge on any atom is -0.388 e. The molecule has 4 rings (SSSR count). The first-order valence-electron chi connectivity index (χ1n) is 8.41. The average molecular weight is 323 g/mol. The van der Waals surface area contributed by atoms with Gasteiger partial charge in [-0.1, -0.05) is 12.1 Å². The molecule has 2 amide bonds. The van der Waals surface area contributed by atoms with Gasteiger partial charge in [0.15, 0.2) is 0 Å². The Morgan fingerprint density at radius 1 is 1.08 bits per heavy atom. The van der Waals surface area contributed by atoms with Gasteiger partial charge in [-0.2, -0.15) is 0 Å². The molecule has 0 radical (unpaired) electrons. The fourth-order valence-electron chi connectivity index (χ4n) is 4.01. The summed E-state index contributed by atoms with van der Waals surface area (Å²) in [6, 6.07) is 9.39. The van der Waals surface area contributed by atoms with Crippen LogP contribution < -0.4 is 5.32 Å². The number of likely N-dealkylation sites (tertiary alicyclic amines) is 1. The van der Waals surface area contributed by atoms with Crippen molar-refractivity contribution in [1.29, 1.82) is 0 Å². The molecular weight excluding hydrogens is 302 g/mol. The second-order valence-electron chi connectivity index (χ2n) is 6.68. The molecular formula is C19H21N3O2. The Bertz CT molecular complexity index is 824. The highest BCUT2D eigenvalue weighted by atomic mass is 16.2. The number of imide groups is 1. The summed E-state index contributed by atoms with van der Waals surface area (Å²) in [5.41, 5.74) is 2.20. The van der Waals surface area contributed by atoms with Crippen LogP contribution in [0.1, 0.15) is 33.6 Å². The van der Waals surface area contributed by atoms with Crippen molar-refractivity contribution in [1.82, 2.24) is 9.80 Å². The summed E-state index contributed by atoms with van der Waals surface area (Å²) in [5, 5.41) is 4.84. The summed E-state index contributed by atoms with van der Waals surface area (Å²) in [6.45, 7) is 1.77. The Morgan fingerprint density at radius 2 is 1.83 bits per heavy atom. The monoisotopic (exact) mass is 323 g/mol. The molecule has 1 N–H and O–H groups in total. The molecule has 2 aromatic rings. The molecule has 1 atom stereocenters. The quantitative estimate of drug-likeness (QED) is 0.863. The number of carbonyl (C=O) groups is 2. The highest BCUT2D eigenvalue weighted by Crippen LogP contribution is 2.35. The minimum atomic E-state index is -0.161. The highest BCUT2D eigenvalue weighted by Gasteiger charge is 2.38. The first-order valence-corrected chi connectivity index (χ1v) is 8.41. The summed E-state index contributed by atoms with van der Waals surface area (Å²) in [4.78, 5) is 29.9. The van der Waals surface area contributed by atoms with Gasteiger partial charge in [-0.25, -0.2) is 0 Å². The van der Waals surface area contributed by atoms with Crippen LogP contribution in [0.5, 0.6) is 0 Å². The lowest BCUT2D eigenvalue weighted by atomic mass is 9.91. The van der Waals surface area contributed by atoms with Crippen LogP contribution in [0, 0.1) is 0 Å². The molecule has 124 valence electrons. The number of benzene rings is 2. The number of amides is 2. The van der Waals surface area contributed by atoms with Gasteiger partial charge in [-0.05, 0) is 44.6 Å². The molecule has 0 bridgehead atoms. The van der Waals surface area contributed by atoms with Gasteiger partial charge in [0.2, 0.25) is 0 Å². The summed E-state index contributed by atoms with van der Waals surface area (Å²) >= 11 is 0. The van der Waals surface area contributed by atoms with Crippen molar-refractivity contribution in [2.45, 2.75) is 18.9 Å². The molecule has 0 saturated carbocycles. The van der Waals surface area contributed by atoms with E-state index < -0.39 is 0 Å². The molecule has 2 aromatic carbocycles. The standard InChI is InChI=1S/C19H21N3O2/c1-20-16-9-8-15-17-13(16)6-3-7-14(17)18(23)22(19(15)24)12-5-4-10-21(2)11-12/h3,6-9,12,20H,4-5,10-11H2,1-2H3. The van der Waals surface area contributed by atoms with Gasteiger partial charge in [0, 0.05) is 41.2 Å². The van der Waals surface area contributed by atoms with Gasteiger partial charge in [0.25, 0.3) is 11.8 Å². The van der Waals surface area contributed by atoms with E-state index in [0.29, 0.717) is 11.1 Å². The van der Waals surface area contributed by atoms with Gasteiger partial charge >= 0.3 is 0 Å². The summed E-state index contributed by atoms with van der Waals surface area (Å²) < 4.78 is 0. The Labute approximate surface area is 141 Å². The molecule has 2 aliphatic rings. The summed E-state index contributed by atoms with van der Waals surface area (Å²) in [6.07, 6.45) is 1.88. The predicted octanol–water partition coefficient (Wildman–Crippen LogP) is 2.57. The zero-order chi connectivity index (χ0) is 16.8. The molecule has 0 aromatic heterocycles. The molecule has 2 aliphatic heterocycles. The maximum absolute atomic E-state index is 13.1. The van der Waals surface area contributed by atoms with Gasteiger partial charge in [-0.3, -0.25) is 14.5 Å². The predicted molar refractivity (Wildman–Crippen MR) is 94.5 cm³/mol. The number of hydrogen-bond acceptors (Lipinski definition) is 4. The first kappa shape index (κ1) is 15.1. The molecule has 1 fully saturated rings. The van der Waals surface area contributed by atoms with E-state index in [1.807, 2.05) is 44.4 Å². The van der Waals surface area contributed by atoms with Crippen LogP contribution in [-0.2, 0) is 0 Å². The molecule has 5 heteroatoms. The number of hydrogen-bond donors (Lipinski definition) is 1. The van der Waals surface area contributed by atoms with Crippen LogP contribution in [-0.4, -0.2) is 54.8 Å². The third kappa shape index (κ3) is 2.12. The van der Waals surface area contributed by atoms with Gasteiger partial charge in [0.05, 0.1) is 6.04 Å². The second kappa shape index (κ2) is 5.60. The Kier molecular flexibility index (Phi) is 3.53. The van der Waals surface area contributed by atoms with Crippen LogP contribution in [0.3, 0.4) is 0 Å². The molecule has 0 aliphatic carbocycles. The lowest BCUT2D eigenvalue weighted by Gasteiger charge is -2.38. The van der Waals surface area contributed by atoms with Crippen molar-refractivity contribution < 1.29 is 9.59 Å². The van der Waals surface area contributed by atoms with Gasteiger partial charge in [0.1, 0.15) is 0 Å². The normalized spacial score (nSPS) is 21.4. The fourth-order valence-corrected chi connectivity index (χ4v) is 4.01. The van der Waals surface area contributed by atoms with Crippen molar-refractivity contribution >= 4 is 28.3 Å². The topological polar surface area (TPSA) is 52.7 Å². The van der Waals surface area contributed by atoms with Crippen LogP contribution in [0.25, 0.3) is 10.8 Å². The highest BCUT2D eigenvalue weighted by molar-refractivity contribution is 6.26. The van der Waals surface area contributed by atoms with Crippen molar-refractivity contribution in [3.8, 4) is 0 Å². The number of rotatable bonds is 2. The zero-order valence-electron chi connectivity index (χ0n) is 14.0. The molecule has 2 heterocycles. The molecule has 5 nitrogen and oxygen atoms in total. The lowest BCUT2D eigenvalue weighted by Crippen LogP contribution is -2.53. The van der Waals surface area contributed by atoms with Crippen LogP contribution >= 0.6 is 0 Å². The average Bonchev–Trinajstić information content (AvgIpc) is 2.59. The van der Waals surface area contributed by atoms with E-state index in [9.17, 15) is 9.59 Å². The van der Waals surface area contributed by atoms with E-state index in [1.54, 1.807) is 0 Å². The molecule has 0 spiro atoms. The number of nitrogens with zero attached hydrogens (tertiary/aromatic N) is 2. The van der Waals surface area contributed by atoms with Crippen LogP contribution in [0.2, 0.25) is 0 Å². The fraction of sp³-hybridized carbons (Fsp3) is 0.368. The summed E-state index contributed by atoms with van der Waals surface area (Å²) in [5.74, 6) is -0.321. The van der Waals surface area contributed by atoms with E-state index in [0.717, 1.165) is 42.4 Å². The largest absolute Gasteiger partial charge is 0.388 e. The van der Waals surface area contributed by atoms with Crippen molar-refractivity contribution in [2.75, 3.05) is 32.5 Å². The second-order valence-corrected chi connectivity index (χ2v) is 6.68. The molecule has 1 unspecified atom stereocenters. The van der Waals surface area contributed by atoms with Gasteiger partial charge in [-0.15, -0.1) is 0 Å². The van der Waals surface area contributed by atoms with Crippen molar-refractivity contribution in [2.24, 2.45) is 0 Å². The van der Waals surface area contributed by atoms with Crippen molar-refractivity contribution in [3.05, 3.63) is 41.5 Å². The SMILES string of the molecule is CNc1ccc2c3c(cccc13)C(=O)N(C1CCCN(C)C1)C2=O. The third-order valence-electron chi connectivity index (χ3n) is 5.17. The smallest absolute Gasteiger partial charge is 0.261 e. The maximum atomic E-state index is 13.1. The van der Waals surface area contributed by atoms with E-state index >= 15 is 0 Å². The lowest BCUT2D eigenvalue weighted by molar-refractivity contribution is 0.0458. The van der Waals surface area contributed by atoms with Gasteiger partial charge < -0.3 is 10.2 Å². The van der Waals surface area contributed by atoms with Crippen LogP contribution in [0.15, 0.2) is 30.3 Å². The first-order chi connectivity index (χ1) is 11.6. The Hall–Kier alpha value is -2.40. The zero-order valence-corrected chi connectivity index (χ0v) is 14.0. The van der Waals surface area contributed by atoms with E-state index in [4.69, 9.17) is 0 Å². The number of nitrogens with one attached hydrogen (secondary N) is 1. The number of piperidine rings is 1. The molecule has 1 saturated heterocycles. The van der Waals surface area contributed by atoms with Crippen molar-refractivity contribution in [3.63, 3.8) is 0 Å². The summed E-state index contributed by atoms with van der Waals surface area (Å²) in [7, 11) is 3.89. The van der Waals surface area contributed by atoms with E-state index in [-0.39, 0.29) is 17.9 Å². The van der Waals surface area contributed by atoms with Crippen LogP contribution in [0.4, 0.5) is 5.69 Å². The maximum Gasteiger partial charge on any atom is 0.261 e. The Balaban J connectivity index is 1.87.